The van der Waals surface area contributed by atoms with Crippen LogP contribution in [-0.4, -0.2) is 35.0 Å². The fourth-order valence-electron chi connectivity index (χ4n) is 2.91. The van der Waals surface area contributed by atoms with Crippen molar-refractivity contribution < 1.29 is 5.11 Å². The zero-order valence-corrected chi connectivity index (χ0v) is 11.8. The topological polar surface area (TPSA) is 23.5 Å². The minimum Gasteiger partial charge on any atom is -0.508 e. The molecular weight excluding hydrogens is 246 g/mol. The lowest BCUT2D eigenvalue weighted by Gasteiger charge is -2.34. The van der Waals surface area contributed by atoms with Crippen molar-refractivity contribution in [2.75, 3.05) is 19.0 Å². The molecule has 0 saturated heterocycles. The van der Waals surface area contributed by atoms with Crippen molar-refractivity contribution in [1.82, 2.24) is 4.90 Å². The molecule has 1 aromatic rings. The molecule has 2 nitrogen and oxygen atoms in total. The first-order valence-electron chi connectivity index (χ1n) is 6.85. The number of phenolic OH excluding ortho intramolecular Hbond substituents is 1. The molecule has 0 amide bonds. The summed E-state index contributed by atoms with van der Waals surface area (Å²) in [6, 6.07) is 6.36. The van der Waals surface area contributed by atoms with E-state index < -0.39 is 0 Å². The van der Waals surface area contributed by atoms with Gasteiger partial charge in [-0.3, -0.25) is 4.90 Å². The molecule has 1 atom stereocenters. The maximum absolute atomic E-state index is 9.59. The molecule has 0 aromatic heterocycles. The Hall–Kier alpha value is -0.730. The molecule has 0 saturated carbocycles. The van der Waals surface area contributed by atoms with Gasteiger partial charge in [-0.05, 0) is 55.5 Å². The number of aryl methyl sites for hydroxylation is 1. The van der Waals surface area contributed by atoms with Crippen molar-refractivity contribution in [2.24, 2.45) is 0 Å². The third-order valence-electron chi connectivity index (χ3n) is 3.79. The van der Waals surface area contributed by atoms with Crippen molar-refractivity contribution in [1.29, 1.82) is 0 Å². The van der Waals surface area contributed by atoms with Gasteiger partial charge in [-0.1, -0.05) is 13.0 Å². The molecule has 3 heteroatoms. The molecule has 18 heavy (non-hydrogen) atoms. The first-order chi connectivity index (χ1) is 8.74. The molecular formula is C15H22ClNO. The lowest BCUT2D eigenvalue weighted by molar-refractivity contribution is 0.190. The number of rotatable bonds is 5. The second-order valence-electron chi connectivity index (χ2n) is 5.07. The fraction of sp³-hybridized carbons (Fsp3) is 0.600. The Balaban J connectivity index is 2.09. The van der Waals surface area contributed by atoms with E-state index in [0.717, 1.165) is 25.9 Å². The van der Waals surface area contributed by atoms with Crippen LogP contribution >= 0.6 is 11.6 Å². The van der Waals surface area contributed by atoms with Crippen molar-refractivity contribution >= 4 is 11.6 Å². The van der Waals surface area contributed by atoms with Crippen molar-refractivity contribution in [3.05, 3.63) is 29.3 Å². The van der Waals surface area contributed by atoms with E-state index in [1.54, 1.807) is 6.07 Å². The number of aromatic hydroxyl groups is 1. The molecule has 0 bridgehead atoms. The van der Waals surface area contributed by atoms with Gasteiger partial charge in [0.2, 0.25) is 0 Å². The summed E-state index contributed by atoms with van der Waals surface area (Å²) in [4.78, 5) is 2.50. The van der Waals surface area contributed by atoms with Gasteiger partial charge in [0.1, 0.15) is 5.75 Å². The Morgan fingerprint density at radius 3 is 2.89 bits per heavy atom. The largest absolute Gasteiger partial charge is 0.508 e. The second kappa shape index (κ2) is 6.44. The van der Waals surface area contributed by atoms with E-state index in [-0.39, 0.29) is 0 Å². The Morgan fingerprint density at radius 1 is 1.33 bits per heavy atom. The van der Waals surface area contributed by atoms with E-state index in [2.05, 4.69) is 17.9 Å². The Kier molecular flexibility index (Phi) is 4.90. The van der Waals surface area contributed by atoms with Gasteiger partial charge in [0.25, 0.3) is 0 Å². The van der Waals surface area contributed by atoms with Crippen LogP contribution in [-0.2, 0) is 12.8 Å². The number of hydrogen-bond acceptors (Lipinski definition) is 2. The van der Waals surface area contributed by atoms with Crippen LogP contribution in [0.3, 0.4) is 0 Å². The number of phenols is 1. The third-order valence-corrected chi connectivity index (χ3v) is 3.96. The van der Waals surface area contributed by atoms with Crippen LogP contribution in [0.15, 0.2) is 18.2 Å². The molecule has 0 spiro atoms. The van der Waals surface area contributed by atoms with E-state index in [0.29, 0.717) is 17.7 Å². The van der Waals surface area contributed by atoms with Gasteiger partial charge < -0.3 is 5.11 Å². The van der Waals surface area contributed by atoms with Gasteiger partial charge in [0.05, 0.1) is 0 Å². The van der Waals surface area contributed by atoms with Gasteiger partial charge in [0.15, 0.2) is 0 Å². The zero-order valence-electron chi connectivity index (χ0n) is 11.0. The summed E-state index contributed by atoms with van der Waals surface area (Å²) in [7, 11) is 0. The van der Waals surface area contributed by atoms with Crippen molar-refractivity contribution in [3.8, 4) is 5.75 Å². The average molecular weight is 268 g/mol. The highest BCUT2D eigenvalue weighted by Gasteiger charge is 2.23. The maximum atomic E-state index is 9.59. The standard InChI is InChI=1S/C15H22ClNO/c1-2-8-17(9-7-16)14-5-3-12-4-6-15(18)11-13(12)10-14/h4,6,11,14,18H,2-3,5,7-10H2,1H3. The van der Waals surface area contributed by atoms with E-state index in [1.165, 1.54) is 24.0 Å². The van der Waals surface area contributed by atoms with Gasteiger partial charge in [-0.2, -0.15) is 0 Å². The molecule has 0 aliphatic heterocycles. The van der Waals surface area contributed by atoms with Gasteiger partial charge >= 0.3 is 0 Å². The minimum atomic E-state index is 0.383. The molecule has 1 aromatic carbocycles. The summed E-state index contributed by atoms with van der Waals surface area (Å²) < 4.78 is 0. The number of alkyl halides is 1. The highest BCUT2D eigenvalue weighted by atomic mass is 35.5. The Labute approximate surface area is 115 Å². The van der Waals surface area contributed by atoms with Crippen molar-refractivity contribution in [3.63, 3.8) is 0 Å². The molecule has 1 N–H and O–H groups in total. The molecule has 0 radical (unpaired) electrons. The molecule has 0 fully saturated rings. The predicted molar refractivity (Wildman–Crippen MR) is 76.5 cm³/mol. The molecule has 0 heterocycles. The number of benzene rings is 1. The zero-order chi connectivity index (χ0) is 13.0. The second-order valence-corrected chi connectivity index (χ2v) is 5.45. The van der Waals surface area contributed by atoms with Crippen LogP contribution in [0.5, 0.6) is 5.75 Å². The number of hydrogen-bond donors (Lipinski definition) is 1. The van der Waals surface area contributed by atoms with Gasteiger partial charge in [-0.25, -0.2) is 0 Å². The predicted octanol–water partition coefficient (Wildman–Crippen LogP) is 3.20. The quantitative estimate of drug-likeness (QED) is 0.829. The van der Waals surface area contributed by atoms with Crippen LogP contribution in [0, 0.1) is 0 Å². The fourth-order valence-corrected chi connectivity index (χ4v) is 3.13. The SMILES string of the molecule is CCCN(CCCl)C1CCc2ccc(O)cc2C1. The highest BCUT2D eigenvalue weighted by molar-refractivity contribution is 6.18. The summed E-state index contributed by atoms with van der Waals surface area (Å²) in [6.45, 7) is 4.30. The van der Waals surface area contributed by atoms with Crippen LogP contribution < -0.4 is 0 Å². The van der Waals surface area contributed by atoms with Crippen LogP contribution in [0.2, 0.25) is 0 Å². The van der Waals surface area contributed by atoms with Crippen LogP contribution in [0.4, 0.5) is 0 Å². The summed E-state index contributed by atoms with van der Waals surface area (Å²) in [5.41, 5.74) is 2.70. The first-order valence-corrected chi connectivity index (χ1v) is 7.38. The van der Waals surface area contributed by atoms with Crippen LogP contribution in [0.25, 0.3) is 0 Å². The molecule has 2 rings (SSSR count). The molecule has 1 aliphatic carbocycles. The lowest BCUT2D eigenvalue weighted by Crippen LogP contribution is -2.41. The van der Waals surface area contributed by atoms with E-state index >= 15 is 0 Å². The monoisotopic (exact) mass is 267 g/mol. The smallest absolute Gasteiger partial charge is 0.115 e. The summed E-state index contributed by atoms with van der Waals surface area (Å²) >= 11 is 5.90. The van der Waals surface area contributed by atoms with Crippen LogP contribution in [0.1, 0.15) is 30.9 Å². The van der Waals surface area contributed by atoms with Gasteiger partial charge in [0, 0.05) is 18.5 Å². The van der Waals surface area contributed by atoms with E-state index in [9.17, 15) is 5.11 Å². The summed E-state index contributed by atoms with van der Waals surface area (Å²) in [6.07, 6.45) is 4.53. The van der Waals surface area contributed by atoms with E-state index in [1.807, 2.05) is 6.07 Å². The molecule has 1 unspecified atom stereocenters. The summed E-state index contributed by atoms with van der Waals surface area (Å²) in [5.74, 6) is 1.08. The van der Waals surface area contributed by atoms with Gasteiger partial charge in [-0.15, -0.1) is 11.6 Å². The highest BCUT2D eigenvalue weighted by Crippen LogP contribution is 2.27. The molecule has 100 valence electrons. The Bertz CT molecular complexity index is 388. The third kappa shape index (κ3) is 3.18. The lowest BCUT2D eigenvalue weighted by atomic mass is 9.87. The number of fused-ring (bicyclic) bond motifs is 1. The summed E-state index contributed by atoms with van der Waals surface area (Å²) in [5, 5.41) is 9.59. The molecule has 1 aliphatic rings. The minimum absolute atomic E-state index is 0.383. The first kappa shape index (κ1) is 13.7. The number of halogens is 1. The Morgan fingerprint density at radius 2 is 2.17 bits per heavy atom. The van der Waals surface area contributed by atoms with Crippen molar-refractivity contribution in [2.45, 2.75) is 38.6 Å². The average Bonchev–Trinajstić information content (AvgIpc) is 2.37. The maximum Gasteiger partial charge on any atom is 0.115 e. The normalized spacial score (nSPS) is 18.9. The number of nitrogens with zero attached hydrogens (tertiary/aromatic N) is 1. The van der Waals surface area contributed by atoms with E-state index in [4.69, 9.17) is 11.6 Å².